The summed E-state index contributed by atoms with van der Waals surface area (Å²) in [7, 11) is 0. The van der Waals surface area contributed by atoms with Crippen LogP contribution in [0.15, 0.2) is 94.7 Å². The number of unbranched alkanes of at least 4 members (excludes halogenated alkanes) is 3. The number of hydrogen-bond donors (Lipinski definition) is 0. The van der Waals surface area contributed by atoms with E-state index in [0.717, 1.165) is 33.6 Å². The summed E-state index contributed by atoms with van der Waals surface area (Å²) in [4.78, 5) is 12.7. The van der Waals surface area contributed by atoms with E-state index in [0.29, 0.717) is 0 Å². The zero-order chi connectivity index (χ0) is 25.9. The maximum absolute atomic E-state index is 4.96. The molecule has 4 heteroatoms. The number of rotatable bonds is 9. The molecule has 0 saturated heterocycles. The Morgan fingerprint density at radius 3 is 1.37 bits per heavy atom. The van der Waals surface area contributed by atoms with Crippen LogP contribution in [-0.4, -0.2) is 21.5 Å². The molecule has 0 amide bonds. The molecule has 0 aliphatic carbocycles. The molecule has 2 heterocycles. The number of pyridine rings is 2. The Kier molecular flexibility index (Phi) is 7.53. The van der Waals surface area contributed by atoms with Gasteiger partial charge in [-0.1, -0.05) is 85.6 Å². The van der Waals surface area contributed by atoms with Gasteiger partial charge >= 0.3 is 0 Å². The van der Waals surface area contributed by atoms with Crippen LogP contribution < -0.4 is 0 Å². The summed E-state index contributed by atoms with van der Waals surface area (Å²) >= 11 is 4.00. The molecule has 0 fully saturated rings. The number of thioether (sulfide) groups is 2. The molecule has 0 radical (unpaired) electrons. The standard InChI is InChI=1S/C34H32N2S2/c1-23-13-11-17-27-31(23)35-29-19-7-5-15-25(29)33(27)37-21-9-3-4-10-22-38-34-26-16-6-8-20-30(26)36-32-24(2)14-12-18-28(32)34/h5-8,11-20H,3-4,9-10,21-22H2,1-2H3. The van der Waals surface area contributed by atoms with Crippen molar-refractivity contribution in [1.29, 1.82) is 0 Å². The highest BCUT2D eigenvalue weighted by atomic mass is 32.2. The predicted molar refractivity (Wildman–Crippen MR) is 168 cm³/mol. The van der Waals surface area contributed by atoms with E-state index >= 15 is 0 Å². The molecule has 0 saturated carbocycles. The monoisotopic (exact) mass is 532 g/mol. The fourth-order valence-electron chi connectivity index (χ4n) is 5.26. The largest absolute Gasteiger partial charge is 0.247 e. The molecule has 0 bridgehead atoms. The second-order valence-corrected chi connectivity index (χ2v) is 12.2. The lowest BCUT2D eigenvalue weighted by Gasteiger charge is -2.12. The Hall–Kier alpha value is -3.08. The van der Waals surface area contributed by atoms with Crippen molar-refractivity contribution in [2.24, 2.45) is 0 Å². The Balaban J connectivity index is 1.07. The predicted octanol–water partition coefficient (Wildman–Crippen LogP) is 10.2. The average molecular weight is 533 g/mol. The molecule has 4 aromatic carbocycles. The molecular formula is C34H32N2S2. The summed E-state index contributed by atoms with van der Waals surface area (Å²) in [6.45, 7) is 4.32. The SMILES string of the molecule is Cc1cccc2c(SCCCCCCSc3c4ccccc4nc4c(C)cccc34)c3ccccc3nc12. The van der Waals surface area contributed by atoms with Gasteiger partial charge in [0.15, 0.2) is 0 Å². The van der Waals surface area contributed by atoms with Crippen molar-refractivity contribution >= 4 is 67.1 Å². The maximum atomic E-state index is 4.96. The van der Waals surface area contributed by atoms with E-state index in [9.17, 15) is 0 Å². The van der Waals surface area contributed by atoms with Gasteiger partial charge in [0.25, 0.3) is 0 Å². The van der Waals surface area contributed by atoms with E-state index in [4.69, 9.17) is 9.97 Å². The highest BCUT2D eigenvalue weighted by molar-refractivity contribution is 8.00. The highest BCUT2D eigenvalue weighted by Crippen LogP contribution is 2.37. The van der Waals surface area contributed by atoms with Crippen LogP contribution in [0.25, 0.3) is 43.6 Å². The summed E-state index contributed by atoms with van der Waals surface area (Å²) in [5.41, 5.74) is 6.96. The van der Waals surface area contributed by atoms with E-state index in [1.165, 1.54) is 68.1 Å². The molecular weight excluding hydrogens is 501 g/mol. The van der Waals surface area contributed by atoms with Crippen LogP contribution in [0, 0.1) is 13.8 Å². The summed E-state index contributed by atoms with van der Waals surface area (Å²) in [6, 6.07) is 30.3. The van der Waals surface area contributed by atoms with Gasteiger partial charge in [0.05, 0.1) is 22.1 Å². The molecule has 2 nitrogen and oxygen atoms in total. The highest BCUT2D eigenvalue weighted by Gasteiger charge is 2.12. The Bertz CT molecular complexity index is 1630. The summed E-state index contributed by atoms with van der Waals surface area (Å²) in [5, 5.41) is 5.13. The Morgan fingerprint density at radius 2 is 0.895 bits per heavy atom. The third-order valence-corrected chi connectivity index (χ3v) is 9.70. The molecule has 0 atom stereocenters. The van der Waals surface area contributed by atoms with Gasteiger partial charge < -0.3 is 0 Å². The van der Waals surface area contributed by atoms with E-state index in [1.54, 1.807) is 0 Å². The first-order valence-electron chi connectivity index (χ1n) is 13.5. The molecule has 38 heavy (non-hydrogen) atoms. The van der Waals surface area contributed by atoms with Crippen LogP contribution in [0.2, 0.25) is 0 Å². The molecule has 0 aliphatic rings. The van der Waals surface area contributed by atoms with Crippen molar-refractivity contribution in [2.75, 3.05) is 11.5 Å². The minimum absolute atomic E-state index is 1.10. The second kappa shape index (κ2) is 11.3. The van der Waals surface area contributed by atoms with Crippen molar-refractivity contribution in [3.8, 4) is 0 Å². The van der Waals surface area contributed by atoms with Crippen molar-refractivity contribution in [1.82, 2.24) is 9.97 Å². The van der Waals surface area contributed by atoms with Gasteiger partial charge in [-0.3, -0.25) is 0 Å². The minimum atomic E-state index is 1.10. The van der Waals surface area contributed by atoms with Crippen LogP contribution in [0.5, 0.6) is 0 Å². The maximum Gasteiger partial charge on any atom is 0.0750 e. The average Bonchev–Trinajstić information content (AvgIpc) is 2.94. The summed E-state index contributed by atoms with van der Waals surface area (Å²) in [6.07, 6.45) is 5.01. The smallest absolute Gasteiger partial charge is 0.0750 e. The van der Waals surface area contributed by atoms with Crippen molar-refractivity contribution in [2.45, 2.75) is 49.3 Å². The van der Waals surface area contributed by atoms with Gasteiger partial charge in [0.2, 0.25) is 0 Å². The van der Waals surface area contributed by atoms with Gasteiger partial charge in [-0.2, -0.15) is 0 Å². The summed E-state index contributed by atoms with van der Waals surface area (Å²) < 4.78 is 0. The van der Waals surface area contributed by atoms with E-state index in [-0.39, 0.29) is 0 Å². The van der Waals surface area contributed by atoms with E-state index < -0.39 is 0 Å². The number of fused-ring (bicyclic) bond motifs is 4. The van der Waals surface area contributed by atoms with Crippen molar-refractivity contribution in [3.63, 3.8) is 0 Å². The van der Waals surface area contributed by atoms with Crippen LogP contribution in [0.4, 0.5) is 0 Å². The van der Waals surface area contributed by atoms with Crippen LogP contribution >= 0.6 is 23.5 Å². The van der Waals surface area contributed by atoms with Gasteiger partial charge in [0, 0.05) is 31.3 Å². The second-order valence-electron chi connectivity index (χ2n) is 9.97. The van der Waals surface area contributed by atoms with Crippen molar-refractivity contribution < 1.29 is 0 Å². The van der Waals surface area contributed by atoms with Crippen LogP contribution in [-0.2, 0) is 0 Å². The number of benzene rings is 4. The van der Waals surface area contributed by atoms with E-state index in [1.807, 2.05) is 23.5 Å². The summed E-state index contributed by atoms with van der Waals surface area (Å²) in [5.74, 6) is 2.28. The first-order valence-corrected chi connectivity index (χ1v) is 15.5. The topological polar surface area (TPSA) is 25.8 Å². The third kappa shape index (κ3) is 5.00. The Morgan fingerprint density at radius 1 is 0.474 bits per heavy atom. The van der Waals surface area contributed by atoms with E-state index in [2.05, 4.69) is 98.8 Å². The number of hydrogen-bond acceptors (Lipinski definition) is 4. The molecule has 0 spiro atoms. The lowest BCUT2D eigenvalue weighted by Crippen LogP contribution is -1.92. The molecule has 2 aromatic heterocycles. The molecule has 6 aromatic rings. The molecule has 6 rings (SSSR count). The zero-order valence-electron chi connectivity index (χ0n) is 22.0. The zero-order valence-corrected chi connectivity index (χ0v) is 23.7. The van der Waals surface area contributed by atoms with Gasteiger partial charge in [-0.15, -0.1) is 23.5 Å². The molecule has 0 aliphatic heterocycles. The first kappa shape index (κ1) is 25.2. The number of para-hydroxylation sites is 4. The van der Waals surface area contributed by atoms with Crippen molar-refractivity contribution in [3.05, 3.63) is 96.1 Å². The van der Waals surface area contributed by atoms with Crippen LogP contribution in [0.3, 0.4) is 0 Å². The fourth-order valence-corrected chi connectivity index (χ4v) is 7.66. The number of nitrogens with zero attached hydrogens (tertiary/aromatic N) is 2. The Labute approximate surface area is 233 Å². The third-order valence-electron chi connectivity index (χ3n) is 7.26. The number of aromatic nitrogens is 2. The molecule has 190 valence electrons. The molecule has 0 unspecified atom stereocenters. The minimum Gasteiger partial charge on any atom is -0.247 e. The van der Waals surface area contributed by atoms with Gasteiger partial charge in [-0.05, 0) is 61.5 Å². The number of aryl methyl sites for hydroxylation is 2. The van der Waals surface area contributed by atoms with Gasteiger partial charge in [0.1, 0.15) is 0 Å². The lowest BCUT2D eigenvalue weighted by molar-refractivity contribution is 0.711. The van der Waals surface area contributed by atoms with Gasteiger partial charge in [-0.25, -0.2) is 9.97 Å². The normalized spacial score (nSPS) is 11.7. The van der Waals surface area contributed by atoms with Crippen LogP contribution in [0.1, 0.15) is 36.8 Å². The molecule has 0 N–H and O–H groups in total. The fraction of sp³-hybridized carbons (Fsp3) is 0.235. The first-order chi connectivity index (χ1) is 18.7. The quantitative estimate of drug-likeness (QED) is 0.105. The lowest BCUT2D eigenvalue weighted by atomic mass is 10.1.